The second-order valence-electron chi connectivity index (χ2n) is 7.09. The van der Waals surface area contributed by atoms with Gasteiger partial charge in [0.15, 0.2) is 11.5 Å². The summed E-state index contributed by atoms with van der Waals surface area (Å²) >= 11 is 6.61. The molecule has 0 atom stereocenters. The van der Waals surface area contributed by atoms with E-state index in [1.807, 2.05) is 18.2 Å². The maximum absolute atomic E-state index is 12.8. The number of carbonyl (C=O) groups is 2. The molecule has 5 rings (SSSR count). The summed E-state index contributed by atoms with van der Waals surface area (Å²) < 4.78 is 12.8. The summed E-state index contributed by atoms with van der Waals surface area (Å²) in [5.41, 5.74) is 2.13. The fraction of sp³-hybridized carbons (Fsp3) is 0.136. The maximum atomic E-state index is 12.8. The summed E-state index contributed by atoms with van der Waals surface area (Å²) in [6, 6.07) is 12.5. The van der Waals surface area contributed by atoms with Crippen molar-refractivity contribution in [2.24, 2.45) is 0 Å². The van der Waals surface area contributed by atoms with Crippen molar-refractivity contribution in [2.45, 2.75) is 0 Å². The van der Waals surface area contributed by atoms with Gasteiger partial charge in [-0.15, -0.1) is 0 Å². The van der Waals surface area contributed by atoms with Crippen molar-refractivity contribution in [1.29, 1.82) is 0 Å². The fourth-order valence-corrected chi connectivity index (χ4v) is 4.65. The zero-order chi connectivity index (χ0) is 22.8. The molecule has 1 saturated heterocycles. The van der Waals surface area contributed by atoms with Gasteiger partial charge in [0.2, 0.25) is 6.79 Å². The van der Waals surface area contributed by atoms with Gasteiger partial charge in [-0.3, -0.25) is 14.5 Å². The predicted octanol–water partition coefficient (Wildman–Crippen LogP) is 2.63. The van der Waals surface area contributed by atoms with Crippen LogP contribution in [-0.2, 0) is 4.79 Å². The van der Waals surface area contributed by atoms with E-state index in [0.29, 0.717) is 26.3 Å². The Bertz CT molecular complexity index is 1260. The standard InChI is InChI=1S/C22H17N5O4S2/c28-20(15-2-4-16(5-3-15)27-12-23-11-25-27)24-7-8-26-21(29)19(33-22(26)32)10-14-1-6-17-18(9-14)31-13-30-17/h1-6,9-12H,7-8,13H2,(H,24,28)/b19-10+. The third kappa shape index (κ3) is 4.45. The first-order valence-electron chi connectivity index (χ1n) is 9.97. The lowest BCUT2D eigenvalue weighted by Crippen LogP contribution is -2.37. The van der Waals surface area contributed by atoms with E-state index in [1.165, 1.54) is 23.0 Å². The smallest absolute Gasteiger partial charge is 0.266 e. The van der Waals surface area contributed by atoms with Crippen molar-refractivity contribution in [3.05, 3.63) is 71.2 Å². The number of thioether (sulfide) groups is 1. The Kier molecular flexibility index (Phi) is 5.80. The van der Waals surface area contributed by atoms with Crippen LogP contribution in [0.5, 0.6) is 11.5 Å². The van der Waals surface area contributed by atoms with Gasteiger partial charge in [0, 0.05) is 18.7 Å². The number of hydrogen-bond acceptors (Lipinski definition) is 8. The van der Waals surface area contributed by atoms with Crippen LogP contribution in [0.25, 0.3) is 11.8 Å². The molecular weight excluding hydrogens is 462 g/mol. The van der Waals surface area contributed by atoms with Gasteiger partial charge in [0.25, 0.3) is 11.8 Å². The minimum atomic E-state index is -0.235. The summed E-state index contributed by atoms with van der Waals surface area (Å²) in [5.74, 6) is 0.912. The van der Waals surface area contributed by atoms with E-state index in [9.17, 15) is 9.59 Å². The minimum absolute atomic E-state index is 0.186. The highest BCUT2D eigenvalue weighted by molar-refractivity contribution is 8.26. The Labute approximate surface area is 198 Å². The van der Waals surface area contributed by atoms with Crippen LogP contribution in [0.2, 0.25) is 0 Å². The van der Waals surface area contributed by atoms with Gasteiger partial charge in [-0.25, -0.2) is 9.67 Å². The Morgan fingerprint density at radius 2 is 2.00 bits per heavy atom. The number of hydrogen-bond donors (Lipinski definition) is 1. The molecule has 1 N–H and O–H groups in total. The zero-order valence-corrected chi connectivity index (χ0v) is 18.8. The Morgan fingerprint density at radius 3 is 2.79 bits per heavy atom. The van der Waals surface area contributed by atoms with Crippen molar-refractivity contribution in [3.63, 3.8) is 0 Å². The second kappa shape index (κ2) is 9.04. The van der Waals surface area contributed by atoms with Crippen LogP contribution < -0.4 is 14.8 Å². The summed E-state index contributed by atoms with van der Waals surface area (Å²) in [6.45, 7) is 0.748. The van der Waals surface area contributed by atoms with E-state index in [4.69, 9.17) is 21.7 Å². The van der Waals surface area contributed by atoms with Gasteiger partial charge in [-0.05, 0) is 48.0 Å². The molecule has 2 aliphatic rings. The van der Waals surface area contributed by atoms with Gasteiger partial charge < -0.3 is 14.8 Å². The lowest BCUT2D eigenvalue weighted by molar-refractivity contribution is -0.122. The highest BCUT2D eigenvalue weighted by atomic mass is 32.2. The number of thiocarbonyl (C=S) groups is 1. The van der Waals surface area contributed by atoms with Gasteiger partial charge in [-0.1, -0.05) is 30.0 Å². The number of benzene rings is 2. The minimum Gasteiger partial charge on any atom is -0.454 e. The first kappa shape index (κ1) is 21.2. The molecule has 33 heavy (non-hydrogen) atoms. The average molecular weight is 480 g/mol. The molecule has 0 aliphatic carbocycles. The van der Waals surface area contributed by atoms with E-state index in [0.717, 1.165) is 11.3 Å². The van der Waals surface area contributed by atoms with Crippen LogP contribution >= 0.6 is 24.0 Å². The van der Waals surface area contributed by atoms with E-state index in [-0.39, 0.29) is 31.7 Å². The first-order valence-corrected chi connectivity index (χ1v) is 11.2. The van der Waals surface area contributed by atoms with Crippen LogP contribution in [0.4, 0.5) is 0 Å². The zero-order valence-electron chi connectivity index (χ0n) is 17.1. The van der Waals surface area contributed by atoms with E-state index >= 15 is 0 Å². The lowest BCUT2D eigenvalue weighted by atomic mass is 10.2. The molecule has 11 heteroatoms. The van der Waals surface area contributed by atoms with Gasteiger partial charge in [0.1, 0.15) is 17.0 Å². The average Bonchev–Trinajstić information content (AvgIpc) is 3.57. The summed E-state index contributed by atoms with van der Waals surface area (Å²) in [4.78, 5) is 31.2. The van der Waals surface area contributed by atoms with Crippen LogP contribution in [-0.4, -0.2) is 55.7 Å². The number of ether oxygens (including phenoxy) is 2. The third-order valence-corrected chi connectivity index (χ3v) is 6.38. The SMILES string of the molecule is O=C(NCCN1C(=O)/C(=C\c2ccc3c(c2)OCO3)SC1=S)c1ccc(-n2cncn2)cc1. The molecule has 0 radical (unpaired) electrons. The highest BCUT2D eigenvalue weighted by Gasteiger charge is 2.31. The Balaban J connectivity index is 1.17. The number of rotatable bonds is 6. The van der Waals surface area contributed by atoms with Crippen molar-refractivity contribution in [3.8, 4) is 17.2 Å². The quantitative estimate of drug-likeness (QED) is 0.426. The monoisotopic (exact) mass is 479 g/mol. The molecule has 166 valence electrons. The molecular formula is C22H17N5O4S2. The molecule has 0 unspecified atom stereocenters. The van der Waals surface area contributed by atoms with Crippen molar-refractivity contribution < 1.29 is 19.1 Å². The first-order chi connectivity index (χ1) is 16.1. The molecule has 2 amide bonds. The molecule has 1 fully saturated rings. The number of nitrogens with zero attached hydrogens (tertiary/aromatic N) is 4. The number of aromatic nitrogens is 3. The molecule has 9 nitrogen and oxygen atoms in total. The van der Waals surface area contributed by atoms with Gasteiger partial charge in [-0.2, -0.15) is 5.10 Å². The van der Waals surface area contributed by atoms with E-state index < -0.39 is 0 Å². The molecule has 0 saturated carbocycles. The normalized spacial score (nSPS) is 16.0. The second-order valence-corrected chi connectivity index (χ2v) is 8.76. The number of fused-ring (bicyclic) bond motifs is 1. The molecule has 3 heterocycles. The molecule has 2 aliphatic heterocycles. The molecule has 0 spiro atoms. The molecule has 1 aromatic heterocycles. The lowest BCUT2D eigenvalue weighted by Gasteiger charge is -2.15. The highest BCUT2D eigenvalue weighted by Crippen LogP contribution is 2.36. The number of nitrogens with one attached hydrogen (secondary N) is 1. The Hall–Kier alpha value is -3.70. The summed E-state index contributed by atoms with van der Waals surface area (Å²) in [5, 5.41) is 6.88. The maximum Gasteiger partial charge on any atom is 0.266 e. The van der Waals surface area contributed by atoms with Crippen LogP contribution in [0, 0.1) is 0 Å². The molecule has 0 bridgehead atoms. The van der Waals surface area contributed by atoms with Crippen molar-refractivity contribution in [1.82, 2.24) is 25.0 Å². The molecule has 2 aromatic carbocycles. The van der Waals surface area contributed by atoms with Crippen LogP contribution in [0.3, 0.4) is 0 Å². The van der Waals surface area contributed by atoms with E-state index in [2.05, 4.69) is 15.4 Å². The Morgan fingerprint density at radius 1 is 1.18 bits per heavy atom. The topological polar surface area (TPSA) is 98.6 Å². The van der Waals surface area contributed by atoms with Gasteiger partial charge >= 0.3 is 0 Å². The van der Waals surface area contributed by atoms with Crippen LogP contribution in [0.1, 0.15) is 15.9 Å². The van der Waals surface area contributed by atoms with Crippen molar-refractivity contribution >= 4 is 46.2 Å². The van der Waals surface area contributed by atoms with Gasteiger partial charge in [0.05, 0.1) is 10.6 Å². The number of carbonyl (C=O) groups excluding carboxylic acids is 2. The van der Waals surface area contributed by atoms with Crippen molar-refractivity contribution in [2.75, 3.05) is 19.9 Å². The predicted molar refractivity (Wildman–Crippen MR) is 126 cm³/mol. The third-order valence-electron chi connectivity index (χ3n) is 5.00. The van der Waals surface area contributed by atoms with Crippen LogP contribution in [0.15, 0.2) is 60.0 Å². The summed E-state index contributed by atoms with van der Waals surface area (Å²) in [6.07, 6.45) is 4.80. The van der Waals surface area contributed by atoms with E-state index in [1.54, 1.807) is 41.4 Å². The number of amides is 2. The molecule has 3 aromatic rings. The fourth-order valence-electron chi connectivity index (χ4n) is 3.34. The summed E-state index contributed by atoms with van der Waals surface area (Å²) in [7, 11) is 0. The largest absolute Gasteiger partial charge is 0.454 e.